The molecule has 1 atom stereocenters. The van der Waals surface area contributed by atoms with Gasteiger partial charge in [0.15, 0.2) is 0 Å². The van der Waals surface area contributed by atoms with Gasteiger partial charge >= 0.3 is 0 Å². The van der Waals surface area contributed by atoms with E-state index in [1.54, 1.807) is 29.2 Å². The highest BCUT2D eigenvalue weighted by atomic mass is 35.5. The largest absolute Gasteiger partial charge is 0.350 e. The van der Waals surface area contributed by atoms with Crippen LogP contribution in [0.2, 0.25) is 5.02 Å². The van der Waals surface area contributed by atoms with Crippen molar-refractivity contribution < 1.29 is 9.59 Å². The number of benzene rings is 1. The van der Waals surface area contributed by atoms with Gasteiger partial charge in [0.05, 0.1) is 6.04 Å². The van der Waals surface area contributed by atoms with E-state index in [9.17, 15) is 9.59 Å². The van der Waals surface area contributed by atoms with Crippen molar-refractivity contribution >= 4 is 40.7 Å². The fourth-order valence-corrected chi connectivity index (χ4v) is 2.14. The van der Waals surface area contributed by atoms with Gasteiger partial charge in [-0.3, -0.25) is 9.59 Å². The molecular weight excluding hydrogens is 275 g/mol. The SMILES string of the molecule is O=C(CCl)NC1CC(=O)N(c2ccc(Cl)cc2)C1. The quantitative estimate of drug-likeness (QED) is 0.862. The van der Waals surface area contributed by atoms with Crippen LogP contribution in [-0.4, -0.2) is 30.3 Å². The minimum atomic E-state index is -0.257. The van der Waals surface area contributed by atoms with Crippen molar-refractivity contribution in [1.82, 2.24) is 5.32 Å². The molecular formula is C12H12Cl2N2O2. The smallest absolute Gasteiger partial charge is 0.235 e. The van der Waals surface area contributed by atoms with Crippen LogP contribution in [0.1, 0.15) is 6.42 Å². The Morgan fingerprint density at radius 1 is 1.39 bits per heavy atom. The Morgan fingerprint density at radius 3 is 2.67 bits per heavy atom. The maximum absolute atomic E-state index is 11.8. The lowest BCUT2D eigenvalue weighted by molar-refractivity contribution is -0.119. The fourth-order valence-electron chi connectivity index (χ4n) is 1.94. The summed E-state index contributed by atoms with van der Waals surface area (Å²) in [5.74, 6) is -0.365. The van der Waals surface area contributed by atoms with Gasteiger partial charge in [0.2, 0.25) is 11.8 Å². The average molecular weight is 287 g/mol. The van der Waals surface area contributed by atoms with Crippen molar-refractivity contribution in [3.63, 3.8) is 0 Å². The van der Waals surface area contributed by atoms with Gasteiger partial charge in [-0.05, 0) is 24.3 Å². The number of carbonyl (C=O) groups is 2. The third-order valence-corrected chi connectivity index (χ3v) is 3.24. The summed E-state index contributed by atoms with van der Waals surface area (Å²) in [6.07, 6.45) is 0.297. The zero-order valence-corrected chi connectivity index (χ0v) is 11.0. The molecule has 2 rings (SSSR count). The van der Waals surface area contributed by atoms with E-state index in [0.29, 0.717) is 18.0 Å². The lowest BCUT2D eigenvalue weighted by atomic mass is 10.2. The van der Waals surface area contributed by atoms with E-state index >= 15 is 0 Å². The van der Waals surface area contributed by atoms with Crippen LogP contribution in [0.5, 0.6) is 0 Å². The van der Waals surface area contributed by atoms with Gasteiger partial charge in [-0.15, -0.1) is 11.6 Å². The van der Waals surface area contributed by atoms with Gasteiger partial charge in [-0.2, -0.15) is 0 Å². The highest BCUT2D eigenvalue weighted by molar-refractivity contribution is 6.30. The van der Waals surface area contributed by atoms with Crippen molar-refractivity contribution in [2.75, 3.05) is 17.3 Å². The number of anilines is 1. The molecule has 1 unspecified atom stereocenters. The molecule has 96 valence electrons. The third kappa shape index (κ3) is 2.94. The van der Waals surface area contributed by atoms with Crippen LogP contribution >= 0.6 is 23.2 Å². The number of alkyl halides is 1. The average Bonchev–Trinajstić information content (AvgIpc) is 2.71. The molecule has 1 saturated heterocycles. The Kier molecular flexibility index (Phi) is 4.09. The van der Waals surface area contributed by atoms with E-state index in [-0.39, 0.29) is 23.7 Å². The Bertz CT molecular complexity index is 462. The molecule has 1 heterocycles. The van der Waals surface area contributed by atoms with Crippen molar-refractivity contribution in [2.45, 2.75) is 12.5 Å². The molecule has 0 spiro atoms. The van der Waals surface area contributed by atoms with Crippen LogP contribution in [0.4, 0.5) is 5.69 Å². The summed E-state index contributed by atoms with van der Waals surface area (Å²) < 4.78 is 0. The molecule has 0 aliphatic carbocycles. The highest BCUT2D eigenvalue weighted by Crippen LogP contribution is 2.23. The maximum Gasteiger partial charge on any atom is 0.235 e. The minimum Gasteiger partial charge on any atom is -0.350 e. The molecule has 1 aliphatic rings. The summed E-state index contributed by atoms with van der Waals surface area (Å²) in [4.78, 5) is 24.7. The first kappa shape index (κ1) is 13.2. The molecule has 1 aliphatic heterocycles. The predicted molar refractivity (Wildman–Crippen MR) is 71.1 cm³/mol. The Balaban J connectivity index is 2.05. The van der Waals surface area contributed by atoms with Gasteiger partial charge in [-0.25, -0.2) is 0 Å². The molecule has 1 aromatic rings. The summed E-state index contributed by atoms with van der Waals surface area (Å²) in [7, 11) is 0. The van der Waals surface area contributed by atoms with E-state index in [4.69, 9.17) is 23.2 Å². The third-order valence-electron chi connectivity index (χ3n) is 2.75. The molecule has 0 saturated carbocycles. The topological polar surface area (TPSA) is 49.4 Å². The second-order valence-corrected chi connectivity index (χ2v) is 4.79. The lowest BCUT2D eigenvalue weighted by Crippen LogP contribution is -2.37. The van der Waals surface area contributed by atoms with Gasteiger partial charge in [0.25, 0.3) is 0 Å². The molecule has 4 nitrogen and oxygen atoms in total. The van der Waals surface area contributed by atoms with Crippen LogP contribution < -0.4 is 10.2 Å². The summed E-state index contributed by atoms with van der Waals surface area (Å²) in [6.45, 7) is 0.461. The Labute approximate surface area is 115 Å². The monoisotopic (exact) mass is 286 g/mol. The summed E-state index contributed by atoms with van der Waals surface area (Å²) in [5.41, 5.74) is 0.784. The minimum absolute atomic E-state index is 0.0165. The standard InChI is InChI=1S/C12H12Cl2N2O2/c13-6-11(17)15-9-5-12(18)16(7-9)10-3-1-8(14)2-4-10/h1-4,9H,5-7H2,(H,15,17). The lowest BCUT2D eigenvalue weighted by Gasteiger charge is -2.17. The number of rotatable bonds is 3. The van der Waals surface area contributed by atoms with Gasteiger partial charge in [0, 0.05) is 23.7 Å². The van der Waals surface area contributed by atoms with Crippen molar-refractivity contribution in [1.29, 1.82) is 0 Å². The molecule has 2 amide bonds. The first-order valence-corrected chi connectivity index (χ1v) is 6.42. The van der Waals surface area contributed by atoms with Crippen molar-refractivity contribution in [3.05, 3.63) is 29.3 Å². The van der Waals surface area contributed by atoms with E-state index < -0.39 is 0 Å². The zero-order chi connectivity index (χ0) is 13.1. The number of nitrogens with zero attached hydrogens (tertiary/aromatic N) is 1. The molecule has 0 aromatic heterocycles. The van der Waals surface area contributed by atoms with Crippen LogP contribution in [0.15, 0.2) is 24.3 Å². The van der Waals surface area contributed by atoms with E-state index in [1.165, 1.54) is 0 Å². The Hall–Kier alpha value is -1.26. The number of hydrogen-bond acceptors (Lipinski definition) is 2. The molecule has 0 radical (unpaired) electrons. The second kappa shape index (κ2) is 5.59. The van der Waals surface area contributed by atoms with E-state index in [2.05, 4.69) is 5.32 Å². The summed E-state index contributed by atoms with van der Waals surface area (Å²) >= 11 is 11.2. The normalized spacial score (nSPS) is 19.1. The van der Waals surface area contributed by atoms with Gasteiger partial charge < -0.3 is 10.2 Å². The van der Waals surface area contributed by atoms with Crippen molar-refractivity contribution in [3.8, 4) is 0 Å². The molecule has 18 heavy (non-hydrogen) atoms. The Morgan fingerprint density at radius 2 is 2.06 bits per heavy atom. The number of nitrogens with one attached hydrogen (secondary N) is 1. The molecule has 1 N–H and O–H groups in total. The number of amides is 2. The second-order valence-electron chi connectivity index (χ2n) is 4.08. The predicted octanol–water partition coefficient (Wildman–Crippen LogP) is 1.80. The first-order valence-electron chi connectivity index (χ1n) is 5.51. The maximum atomic E-state index is 11.8. The summed E-state index contributed by atoms with van der Waals surface area (Å²) in [6, 6.07) is 6.85. The number of hydrogen-bond donors (Lipinski definition) is 1. The van der Waals surface area contributed by atoms with E-state index in [1.807, 2.05) is 0 Å². The zero-order valence-electron chi connectivity index (χ0n) is 9.53. The van der Waals surface area contributed by atoms with Crippen LogP contribution in [0.3, 0.4) is 0 Å². The van der Waals surface area contributed by atoms with Crippen molar-refractivity contribution in [2.24, 2.45) is 0 Å². The highest BCUT2D eigenvalue weighted by Gasteiger charge is 2.31. The first-order chi connectivity index (χ1) is 8.60. The van der Waals surface area contributed by atoms with Gasteiger partial charge in [0.1, 0.15) is 5.88 Å². The summed E-state index contributed by atoms with van der Waals surface area (Å²) in [5, 5.41) is 3.33. The number of halogens is 2. The fraction of sp³-hybridized carbons (Fsp3) is 0.333. The molecule has 6 heteroatoms. The van der Waals surface area contributed by atoms with Crippen LogP contribution in [0, 0.1) is 0 Å². The van der Waals surface area contributed by atoms with Crippen LogP contribution in [0.25, 0.3) is 0 Å². The molecule has 1 aromatic carbocycles. The molecule has 0 bridgehead atoms. The van der Waals surface area contributed by atoms with Crippen LogP contribution in [-0.2, 0) is 9.59 Å². The van der Waals surface area contributed by atoms with Gasteiger partial charge in [-0.1, -0.05) is 11.6 Å². The van der Waals surface area contributed by atoms with E-state index in [0.717, 1.165) is 5.69 Å². The number of carbonyl (C=O) groups excluding carboxylic acids is 2. The molecule has 1 fully saturated rings.